The van der Waals surface area contributed by atoms with Crippen LogP contribution in [0.5, 0.6) is 5.75 Å². The van der Waals surface area contributed by atoms with Gasteiger partial charge >= 0.3 is 0 Å². The van der Waals surface area contributed by atoms with Crippen molar-refractivity contribution in [3.05, 3.63) is 41.5 Å². The minimum atomic E-state index is -3.19. The second kappa shape index (κ2) is 15.8. The van der Waals surface area contributed by atoms with E-state index in [1.807, 2.05) is 0 Å². The number of ether oxygens (including phenoxy) is 1. The summed E-state index contributed by atoms with van der Waals surface area (Å²) in [4.78, 5) is 8.38. The van der Waals surface area contributed by atoms with Crippen LogP contribution < -0.4 is 4.74 Å². The fourth-order valence-corrected chi connectivity index (χ4v) is 7.23. The van der Waals surface area contributed by atoms with Gasteiger partial charge in [0.05, 0.1) is 29.8 Å². The number of pyridine rings is 2. The number of rotatable bonds is 20. The summed E-state index contributed by atoms with van der Waals surface area (Å²) in [6.07, 6.45) is 24.0. The van der Waals surface area contributed by atoms with Crippen LogP contribution in [0.1, 0.15) is 140 Å². The Morgan fingerprint density at radius 1 is 0.860 bits per heavy atom. The predicted molar refractivity (Wildman–Crippen MR) is 168 cm³/mol. The molecule has 2 aromatic heterocycles. The zero-order chi connectivity index (χ0) is 30.1. The molecule has 0 amide bonds. The lowest BCUT2D eigenvalue weighted by molar-refractivity contribution is -0.0824. The molecule has 3 aliphatic carbocycles. The Morgan fingerprint density at radius 3 is 2.26 bits per heavy atom. The van der Waals surface area contributed by atoms with Crippen molar-refractivity contribution in [2.45, 2.75) is 141 Å². The number of unbranched alkanes of at least 4 members (excludes halogenated alkanes) is 8. The van der Waals surface area contributed by atoms with Gasteiger partial charge in [-0.25, -0.2) is 13.8 Å². The molecule has 2 atom stereocenters. The zero-order valence-corrected chi connectivity index (χ0v) is 26.4. The van der Waals surface area contributed by atoms with E-state index < -0.39 is 23.4 Å². The molecular weight excluding hydrogens is 545 g/mol. The Balaban J connectivity index is 1.04. The molecule has 2 fully saturated rings. The topological polar surface area (TPSA) is 35.0 Å². The van der Waals surface area contributed by atoms with Gasteiger partial charge in [-0.2, -0.15) is 4.39 Å². The molecule has 0 radical (unpaired) electrons. The van der Waals surface area contributed by atoms with Crippen LogP contribution in [-0.2, 0) is 12.3 Å². The number of aryl methyl sites for hydroxylation is 1. The van der Waals surface area contributed by atoms with Crippen molar-refractivity contribution in [1.82, 2.24) is 9.97 Å². The molecule has 0 aromatic carbocycles. The van der Waals surface area contributed by atoms with E-state index >= 15 is 13.2 Å². The number of aromatic nitrogens is 2. The number of hydrogen-bond donors (Lipinski definition) is 0. The lowest BCUT2D eigenvalue weighted by Crippen LogP contribution is -2.33. The van der Waals surface area contributed by atoms with Crippen LogP contribution in [-0.4, -0.2) is 16.6 Å². The summed E-state index contributed by atoms with van der Waals surface area (Å²) in [6, 6.07) is 5.15. The summed E-state index contributed by atoms with van der Waals surface area (Å²) in [5, 5.41) is 0. The highest BCUT2D eigenvalue weighted by molar-refractivity contribution is 5.57. The zero-order valence-electron chi connectivity index (χ0n) is 26.4. The van der Waals surface area contributed by atoms with Crippen molar-refractivity contribution in [1.29, 1.82) is 0 Å². The van der Waals surface area contributed by atoms with Crippen LogP contribution in [0.2, 0.25) is 0 Å². The molecule has 43 heavy (non-hydrogen) atoms. The van der Waals surface area contributed by atoms with Gasteiger partial charge in [-0.3, -0.25) is 4.98 Å². The number of halogens is 3. The predicted octanol–water partition coefficient (Wildman–Crippen LogP) is 11.2. The smallest absolute Gasteiger partial charge is 0.280 e. The van der Waals surface area contributed by atoms with Gasteiger partial charge in [-0.15, -0.1) is 0 Å². The Bertz CT molecular complexity index is 1130. The standard InChI is InChI=1S/C37H53F3N2O/c1-2-28(29-18-19-29)14-10-8-12-24-43-32-22-23-33(41-26-32)34-25-30-20-21-31(37(39,40)35(30)36(38)42-34)15-11-7-5-3-4-6-9-13-27-16-17-27/h22-23,25-29,31H,2-21,24H2,1H3. The maximum atomic E-state index is 15.5. The van der Waals surface area contributed by atoms with Crippen LogP contribution in [0.15, 0.2) is 24.4 Å². The van der Waals surface area contributed by atoms with E-state index in [9.17, 15) is 0 Å². The van der Waals surface area contributed by atoms with Gasteiger partial charge in [0, 0.05) is 5.92 Å². The Hall–Kier alpha value is -2.11. The van der Waals surface area contributed by atoms with Gasteiger partial charge in [0.1, 0.15) is 5.75 Å². The molecule has 2 saturated carbocycles. The number of alkyl halides is 2. The second-order valence-electron chi connectivity index (χ2n) is 13.8. The van der Waals surface area contributed by atoms with Gasteiger partial charge in [0.15, 0.2) is 0 Å². The van der Waals surface area contributed by atoms with Gasteiger partial charge in [-0.05, 0) is 80.0 Å². The van der Waals surface area contributed by atoms with Crippen molar-refractivity contribution in [3.63, 3.8) is 0 Å². The molecular formula is C37H53F3N2O. The summed E-state index contributed by atoms with van der Waals surface area (Å²) >= 11 is 0. The van der Waals surface area contributed by atoms with Crippen LogP contribution in [0, 0.1) is 29.6 Å². The van der Waals surface area contributed by atoms with E-state index in [2.05, 4.69) is 16.9 Å². The van der Waals surface area contributed by atoms with Gasteiger partial charge < -0.3 is 4.74 Å². The summed E-state index contributed by atoms with van der Waals surface area (Å²) < 4.78 is 52.0. The van der Waals surface area contributed by atoms with Gasteiger partial charge in [0.25, 0.3) is 5.92 Å². The summed E-state index contributed by atoms with van der Waals surface area (Å²) in [7, 11) is 0. The molecule has 0 spiro atoms. The SMILES string of the molecule is CCC(CCCCCOc1ccc(-c2cc3c(c(F)n2)C(F)(F)C(CCCCCCCCCC2CC2)CC3)nc1)C1CC1. The minimum Gasteiger partial charge on any atom is -0.492 e. The lowest BCUT2D eigenvalue weighted by Gasteiger charge is -2.33. The van der Waals surface area contributed by atoms with Gasteiger partial charge in [0.2, 0.25) is 5.95 Å². The molecule has 5 rings (SSSR count). The van der Waals surface area contributed by atoms with Crippen LogP contribution in [0.3, 0.4) is 0 Å². The van der Waals surface area contributed by atoms with Crippen molar-refractivity contribution in [3.8, 4) is 17.1 Å². The van der Waals surface area contributed by atoms with E-state index in [1.165, 1.54) is 83.5 Å². The number of nitrogens with zero attached hydrogens (tertiary/aromatic N) is 2. The second-order valence-corrected chi connectivity index (χ2v) is 13.8. The molecule has 2 heterocycles. The molecule has 3 aliphatic rings. The highest BCUT2D eigenvalue weighted by Crippen LogP contribution is 2.48. The van der Waals surface area contributed by atoms with Gasteiger partial charge in [-0.1, -0.05) is 96.8 Å². The first-order chi connectivity index (χ1) is 21.0. The van der Waals surface area contributed by atoms with Crippen molar-refractivity contribution >= 4 is 0 Å². The quantitative estimate of drug-likeness (QED) is 0.112. The molecule has 2 aromatic rings. The largest absolute Gasteiger partial charge is 0.492 e. The van der Waals surface area contributed by atoms with Crippen molar-refractivity contribution < 1.29 is 17.9 Å². The average molecular weight is 599 g/mol. The Labute approximate surface area is 257 Å². The first-order valence-electron chi connectivity index (χ1n) is 17.6. The fraction of sp³-hybridized carbons (Fsp3) is 0.730. The highest BCUT2D eigenvalue weighted by Gasteiger charge is 2.47. The average Bonchev–Trinajstić information content (AvgIpc) is 3.92. The van der Waals surface area contributed by atoms with Crippen LogP contribution >= 0.6 is 0 Å². The number of fused-ring (bicyclic) bond motifs is 1. The fourth-order valence-electron chi connectivity index (χ4n) is 7.23. The third-order valence-electron chi connectivity index (χ3n) is 10.3. The highest BCUT2D eigenvalue weighted by atomic mass is 19.3. The molecule has 0 aliphatic heterocycles. The number of hydrogen-bond acceptors (Lipinski definition) is 3. The Kier molecular flexibility index (Phi) is 11.8. The molecule has 0 bridgehead atoms. The minimum absolute atomic E-state index is 0.301. The molecule has 238 valence electrons. The third-order valence-corrected chi connectivity index (χ3v) is 10.3. The van der Waals surface area contributed by atoms with Crippen LogP contribution in [0.25, 0.3) is 11.4 Å². The lowest BCUT2D eigenvalue weighted by atomic mass is 9.78. The van der Waals surface area contributed by atoms with Crippen molar-refractivity contribution in [2.24, 2.45) is 23.7 Å². The summed E-state index contributed by atoms with van der Waals surface area (Å²) in [6.45, 7) is 2.95. The summed E-state index contributed by atoms with van der Waals surface area (Å²) in [5.41, 5.74) is 0.641. The maximum absolute atomic E-state index is 15.5. The normalized spacial score (nSPS) is 20.1. The molecule has 6 heteroatoms. The first-order valence-corrected chi connectivity index (χ1v) is 17.6. The van der Waals surface area contributed by atoms with Crippen LogP contribution in [0.4, 0.5) is 13.2 Å². The van der Waals surface area contributed by atoms with Crippen molar-refractivity contribution in [2.75, 3.05) is 6.61 Å². The summed E-state index contributed by atoms with van der Waals surface area (Å²) in [5.74, 6) is -1.50. The third kappa shape index (κ3) is 9.44. The first kappa shape index (κ1) is 32.3. The molecule has 0 saturated heterocycles. The molecule has 3 nitrogen and oxygen atoms in total. The van der Waals surface area contributed by atoms with E-state index in [0.717, 1.165) is 43.4 Å². The van der Waals surface area contributed by atoms with E-state index in [4.69, 9.17) is 4.74 Å². The maximum Gasteiger partial charge on any atom is 0.280 e. The monoisotopic (exact) mass is 598 g/mol. The van der Waals surface area contributed by atoms with E-state index in [-0.39, 0.29) is 0 Å². The van der Waals surface area contributed by atoms with E-state index in [0.29, 0.717) is 48.6 Å². The molecule has 2 unspecified atom stereocenters. The molecule has 0 N–H and O–H groups in total. The Morgan fingerprint density at radius 2 is 1.58 bits per heavy atom. The van der Waals surface area contributed by atoms with E-state index in [1.54, 1.807) is 24.4 Å².